The van der Waals surface area contributed by atoms with Crippen LogP contribution in [0.2, 0.25) is 0 Å². The Labute approximate surface area is 176 Å². The van der Waals surface area contributed by atoms with Crippen molar-refractivity contribution < 1.29 is 29.2 Å². The van der Waals surface area contributed by atoms with E-state index in [1.807, 2.05) is 60.7 Å². The van der Waals surface area contributed by atoms with Gasteiger partial charge in [-0.2, -0.15) is 0 Å². The van der Waals surface area contributed by atoms with Gasteiger partial charge in [0, 0.05) is 0 Å². The van der Waals surface area contributed by atoms with Gasteiger partial charge in [0.25, 0.3) is 0 Å². The number of hydrogen-bond acceptors (Lipinski definition) is 7. The first-order valence-electron chi connectivity index (χ1n) is 9.70. The van der Waals surface area contributed by atoms with Gasteiger partial charge in [-0.1, -0.05) is 36.4 Å². The molecular weight excluding hydrogens is 392 g/mol. The molecule has 0 saturated carbocycles. The number of hydrogen-bond donors (Lipinski definition) is 2. The highest BCUT2D eigenvalue weighted by molar-refractivity contribution is 8.00. The molecule has 0 aromatic heterocycles. The molecule has 0 heterocycles. The Morgan fingerprint density at radius 3 is 1.41 bits per heavy atom. The van der Waals surface area contributed by atoms with Gasteiger partial charge in [0.15, 0.2) is 0 Å². The van der Waals surface area contributed by atoms with E-state index in [1.165, 1.54) is 0 Å². The van der Waals surface area contributed by atoms with Gasteiger partial charge >= 0.3 is 0 Å². The van der Waals surface area contributed by atoms with Crippen LogP contribution in [0.4, 0.5) is 0 Å². The van der Waals surface area contributed by atoms with Crippen molar-refractivity contribution in [1.82, 2.24) is 0 Å². The van der Waals surface area contributed by atoms with Crippen molar-refractivity contribution in [3.63, 3.8) is 0 Å². The summed E-state index contributed by atoms with van der Waals surface area (Å²) in [5.74, 6) is 1.60. The predicted molar refractivity (Wildman–Crippen MR) is 115 cm³/mol. The number of rotatable bonds is 16. The highest BCUT2D eigenvalue weighted by Gasteiger charge is 2.20. The van der Waals surface area contributed by atoms with E-state index in [1.54, 1.807) is 11.8 Å². The number of para-hydroxylation sites is 2. The summed E-state index contributed by atoms with van der Waals surface area (Å²) in [7, 11) is 0. The lowest BCUT2D eigenvalue weighted by atomic mass is 10.3. The molecule has 0 bridgehead atoms. The van der Waals surface area contributed by atoms with E-state index >= 15 is 0 Å². The molecule has 29 heavy (non-hydrogen) atoms. The maximum atomic E-state index is 9.00. The average molecular weight is 423 g/mol. The van der Waals surface area contributed by atoms with E-state index in [0.717, 1.165) is 11.5 Å². The van der Waals surface area contributed by atoms with Crippen LogP contribution in [0.25, 0.3) is 0 Å². The molecule has 0 amide bonds. The molecule has 0 fully saturated rings. The maximum Gasteiger partial charge on any atom is 0.119 e. The molecule has 6 nitrogen and oxygen atoms in total. The quantitative estimate of drug-likeness (QED) is 0.403. The van der Waals surface area contributed by atoms with Crippen molar-refractivity contribution in [3.8, 4) is 11.5 Å². The molecule has 0 aliphatic rings. The molecule has 2 atom stereocenters. The van der Waals surface area contributed by atoms with Gasteiger partial charge in [0.05, 0.1) is 50.1 Å². The van der Waals surface area contributed by atoms with Crippen LogP contribution in [0.3, 0.4) is 0 Å². The largest absolute Gasteiger partial charge is 0.492 e. The molecule has 7 heteroatoms. The molecule has 2 unspecified atom stereocenters. The van der Waals surface area contributed by atoms with Crippen LogP contribution in [0.15, 0.2) is 60.7 Å². The fraction of sp³-hybridized carbons (Fsp3) is 0.455. The van der Waals surface area contributed by atoms with Gasteiger partial charge < -0.3 is 29.2 Å². The molecule has 0 aliphatic heterocycles. The Bertz CT molecular complexity index is 572. The molecule has 0 spiro atoms. The lowest BCUT2D eigenvalue weighted by Crippen LogP contribution is -2.29. The number of aliphatic hydroxyl groups excluding tert-OH is 2. The van der Waals surface area contributed by atoms with Gasteiger partial charge in [-0.25, -0.2) is 0 Å². The van der Waals surface area contributed by atoms with E-state index in [2.05, 4.69) is 0 Å². The van der Waals surface area contributed by atoms with Gasteiger partial charge in [-0.3, -0.25) is 0 Å². The first-order chi connectivity index (χ1) is 14.3. The Hall–Kier alpha value is -1.77. The summed E-state index contributed by atoms with van der Waals surface area (Å²) in [5, 5.41) is 18.1. The summed E-state index contributed by atoms with van der Waals surface area (Å²) in [6, 6.07) is 19.3. The molecule has 0 saturated heterocycles. The fourth-order valence-electron chi connectivity index (χ4n) is 2.50. The molecule has 0 radical (unpaired) electrons. The van der Waals surface area contributed by atoms with Crippen LogP contribution in [-0.2, 0) is 9.47 Å². The summed E-state index contributed by atoms with van der Waals surface area (Å²) in [4.78, 5) is 0. The second-order valence-electron chi connectivity index (χ2n) is 6.23. The molecule has 2 aromatic carbocycles. The smallest absolute Gasteiger partial charge is 0.119 e. The van der Waals surface area contributed by atoms with Gasteiger partial charge in [-0.05, 0) is 24.3 Å². The minimum atomic E-state index is -0.0168. The molecule has 2 rings (SSSR count). The van der Waals surface area contributed by atoms with Crippen LogP contribution in [0.5, 0.6) is 11.5 Å². The van der Waals surface area contributed by atoms with Crippen LogP contribution < -0.4 is 9.47 Å². The SMILES string of the molecule is OCCOCC(COc1ccccc1)SC(COCCO)COc1ccccc1. The Morgan fingerprint density at radius 1 is 0.621 bits per heavy atom. The maximum absolute atomic E-state index is 9.00. The summed E-state index contributed by atoms with van der Waals surface area (Å²) in [6.07, 6.45) is 0. The minimum absolute atomic E-state index is 0.0168. The molecule has 2 N–H and O–H groups in total. The normalized spacial score (nSPS) is 13.0. The van der Waals surface area contributed by atoms with Crippen molar-refractivity contribution in [2.24, 2.45) is 0 Å². The Morgan fingerprint density at radius 2 is 1.03 bits per heavy atom. The van der Waals surface area contributed by atoms with Gasteiger partial charge in [0.1, 0.15) is 24.7 Å². The number of aliphatic hydroxyl groups is 2. The van der Waals surface area contributed by atoms with Crippen LogP contribution in [-0.4, -0.2) is 73.6 Å². The molecule has 160 valence electrons. The van der Waals surface area contributed by atoms with Crippen molar-refractivity contribution in [1.29, 1.82) is 0 Å². The van der Waals surface area contributed by atoms with E-state index in [0.29, 0.717) is 26.4 Å². The summed E-state index contributed by atoms with van der Waals surface area (Å²) < 4.78 is 22.9. The highest BCUT2D eigenvalue weighted by atomic mass is 32.2. The lowest BCUT2D eigenvalue weighted by molar-refractivity contribution is 0.0821. The highest BCUT2D eigenvalue weighted by Crippen LogP contribution is 2.22. The van der Waals surface area contributed by atoms with E-state index in [-0.39, 0.29) is 36.9 Å². The fourth-order valence-corrected chi connectivity index (χ4v) is 3.68. The van der Waals surface area contributed by atoms with Crippen molar-refractivity contribution in [2.45, 2.75) is 10.5 Å². The first-order valence-corrected chi connectivity index (χ1v) is 10.6. The second-order valence-corrected chi connectivity index (χ2v) is 7.83. The molecule has 2 aromatic rings. The Kier molecular flexibility index (Phi) is 12.3. The van der Waals surface area contributed by atoms with Gasteiger partial charge in [-0.15, -0.1) is 11.8 Å². The van der Waals surface area contributed by atoms with Crippen molar-refractivity contribution in [2.75, 3.05) is 52.9 Å². The topological polar surface area (TPSA) is 77.4 Å². The number of benzene rings is 2. The first kappa shape index (κ1) is 23.5. The van der Waals surface area contributed by atoms with Crippen molar-refractivity contribution >= 4 is 11.8 Å². The third-order valence-electron chi connectivity index (χ3n) is 3.82. The summed E-state index contributed by atoms with van der Waals surface area (Å²) in [5.41, 5.74) is 0. The lowest BCUT2D eigenvalue weighted by Gasteiger charge is -2.24. The zero-order valence-electron chi connectivity index (χ0n) is 16.5. The summed E-state index contributed by atoms with van der Waals surface area (Å²) in [6.45, 7) is 2.35. The van der Waals surface area contributed by atoms with Gasteiger partial charge in [0.2, 0.25) is 0 Å². The predicted octanol–water partition coefficient (Wildman–Crippen LogP) is 2.63. The average Bonchev–Trinajstić information content (AvgIpc) is 2.77. The van der Waals surface area contributed by atoms with Crippen molar-refractivity contribution in [3.05, 3.63) is 60.7 Å². The molecular formula is C22H30O6S. The van der Waals surface area contributed by atoms with Crippen LogP contribution in [0.1, 0.15) is 0 Å². The molecule has 0 aliphatic carbocycles. The van der Waals surface area contributed by atoms with E-state index < -0.39 is 0 Å². The Balaban J connectivity index is 1.92. The van der Waals surface area contributed by atoms with E-state index in [4.69, 9.17) is 29.2 Å². The third-order valence-corrected chi connectivity index (χ3v) is 5.14. The number of thioether (sulfide) groups is 1. The minimum Gasteiger partial charge on any atom is -0.492 e. The second kappa shape index (κ2) is 15.1. The van der Waals surface area contributed by atoms with Crippen LogP contribution >= 0.6 is 11.8 Å². The monoisotopic (exact) mass is 422 g/mol. The standard InChI is InChI=1S/C22H30O6S/c23-11-13-25-15-21(17-27-19-7-3-1-4-8-19)29-22(16-26-14-12-24)18-28-20-9-5-2-6-10-20/h1-10,21-24H,11-18H2. The van der Waals surface area contributed by atoms with E-state index in [9.17, 15) is 0 Å². The van der Waals surface area contributed by atoms with Crippen LogP contribution in [0, 0.1) is 0 Å². The zero-order chi connectivity index (χ0) is 20.6. The summed E-state index contributed by atoms with van der Waals surface area (Å²) >= 11 is 1.67. The number of ether oxygens (including phenoxy) is 4. The zero-order valence-corrected chi connectivity index (χ0v) is 17.3. The third kappa shape index (κ3) is 10.5.